The van der Waals surface area contributed by atoms with Gasteiger partial charge in [0.25, 0.3) is 5.91 Å². The van der Waals surface area contributed by atoms with Gasteiger partial charge in [0.1, 0.15) is 17.0 Å². The van der Waals surface area contributed by atoms with Crippen molar-refractivity contribution in [2.45, 2.75) is 25.9 Å². The fourth-order valence-corrected chi connectivity index (χ4v) is 4.10. The Morgan fingerprint density at radius 3 is 2.69 bits per heavy atom. The average Bonchev–Trinajstić information content (AvgIpc) is 3.33. The zero-order chi connectivity index (χ0) is 22.5. The molecule has 9 heteroatoms. The van der Waals surface area contributed by atoms with E-state index < -0.39 is 23.3 Å². The normalized spacial score (nSPS) is 18.4. The van der Waals surface area contributed by atoms with E-state index in [-0.39, 0.29) is 18.1 Å². The maximum atomic E-state index is 14.4. The topological polar surface area (TPSA) is 93.0 Å². The second-order valence-corrected chi connectivity index (χ2v) is 7.93. The van der Waals surface area contributed by atoms with E-state index in [1.54, 1.807) is 19.1 Å². The third-order valence-corrected chi connectivity index (χ3v) is 5.77. The first kappa shape index (κ1) is 19.8. The minimum Gasteiger partial charge on any atom is -0.319 e. The van der Waals surface area contributed by atoms with Gasteiger partial charge in [-0.2, -0.15) is 4.68 Å². The number of amides is 3. The van der Waals surface area contributed by atoms with Crippen molar-refractivity contribution in [2.75, 3.05) is 0 Å². The molecule has 0 saturated carbocycles. The minimum atomic E-state index is -1.26. The van der Waals surface area contributed by atoms with E-state index in [9.17, 15) is 14.0 Å². The Hall–Kier alpha value is -4.14. The van der Waals surface area contributed by atoms with Crippen LogP contribution in [0.5, 0.6) is 0 Å². The maximum Gasteiger partial charge on any atom is 0.325 e. The highest BCUT2D eigenvalue weighted by atomic mass is 19.1. The summed E-state index contributed by atoms with van der Waals surface area (Å²) in [6.07, 6.45) is 0. The maximum absolute atomic E-state index is 14.4. The zero-order valence-corrected chi connectivity index (χ0v) is 17.4. The number of nitrogens with zero attached hydrogens (tertiary/aromatic N) is 5. The summed E-state index contributed by atoms with van der Waals surface area (Å²) in [7, 11) is 0. The summed E-state index contributed by atoms with van der Waals surface area (Å²) >= 11 is 0. The third kappa shape index (κ3) is 3.01. The van der Waals surface area contributed by atoms with Crippen LogP contribution in [0.1, 0.15) is 23.9 Å². The second-order valence-electron chi connectivity index (χ2n) is 7.93. The number of carbonyl (C=O) groups is 2. The number of tetrazole rings is 1. The van der Waals surface area contributed by atoms with E-state index in [0.717, 1.165) is 21.2 Å². The molecule has 1 atom stereocenters. The lowest BCUT2D eigenvalue weighted by Gasteiger charge is -2.24. The highest BCUT2D eigenvalue weighted by molar-refractivity contribution is 6.09. The monoisotopic (exact) mass is 430 g/mol. The summed E-state index contributed by atoms with van der Waals surface area (Å²) in [4.78, 5) is 27.4. The number of aromatic nitrogens is 4. The second kappa shape index (κ2) is 7.23. The number of carbonyl (C=O) groups excluding carboxylic acids is 2. The molecule has 3 amide bonds. The SMILES string of the molecule is Cc1ccc(F)c(-n2nnnc2CN2C(=O)NC(C)(c3cccc4ccccc34)C2=O)c1. The van der Waals surface area contributed by atoms with Gasteiger partial charge >= 0.3 is 6.03 Å². The summed E-state index contributed by atoms with van der Waals surface area (Å²) in [6.45, 7) is 3.30. The number of aryl methyl sites for hydroxylation is 1. The highest BCUT2D eigenvalue weighted by Gasteiger charge is 2.50. The molecule has 8 nitrogen and oxygen atoms in total. The first-order chi connectivity index (χ1) is 15.4. The van der Waals surface area contributed by atoms with Gasteiger partial charge in [-0.15, -0.1) is 5.10 Å². The van der Waals surface area contributed by atoms with Crippen molar-refractivity contribution >= 4 is 22.7 Å². The molecule has 32 heavy (non-hydrogen) atoms. The number of nitrogens with one attached hydrogen (secondary N) is 1. The Morgan fingerprint density at radius 1 is 1.06 bits per heavy atom. The Kier molecular flexibility index (Phi) is 4.47. The standard InChI is InChI=1S/C23H19FN6O2/c1-14-10-11-18(24)19(12-14)30-20(26-27-28-30)13-29-21(31)23(2,25-22(29)32)17-9-5-7-15-6-3-4-8-16(15)17/h3-12H,13H2,1-2H3,(H,25,32). The number of hydrogen-bond acceptors (Lipinski definition) is 5. The molecule has 1 fully saturated rings. The lowest BCUT2D eigenvalue weighted by atomic mass is 9.88. The van der Waals surface area contributed by atoms with Gasteiger partial charge in [0.05, 0.1) is 6.54 Å². The van der Waals surface area contributed by atoms with Crippen LogP contribution in [0.2, 0.25) is 0 Å². The third-order valence-electron chi connectivity index (χ3n) is 5.77. The van der Waals surface area contributed by atoms with Crippen LogP contribution in [-0.2, 0) is 16.9 Å². The molecule has 1 aliphatic rings. The van der Waals surface area contributed by atoms with Crippen LogP contribution in [0, 0.1) is 12.7 Å². The fourth-order valence-electron chi connectivity index (χ4n) is 4.10. The van der Waals surface area contributed by atoms with Crippen molar-refractivity contribution in [1.82, 2.24) is 30.4 Å². The van der Waals surface area contributed by atoms with Crippen LogP contribution >= 0.6 is 0 Å². The fraction of sp³-hybridized carbons (Fsp3) is 0.174. The van der Waals surface area contributed by atoms with E-state index >= 15 is 0 Å². The van der Waals surface area contributed by atoms with E-state index in [1.807, 2.05) is 49.4 Å². The molecule has 0 aliphatic carbocycles. The van der Waals surface area contributed by atoms with Crippen LogP contribution in [-0.4, -0.2) is 37.0 Å². The largest absolute Gasteiger partial charge is 0.325 e. The average molecular weight is 430 g/mol. The van der Waals surface area contributed by atoms with E-state index in [4.69, 9.17) is 0 Å². The number of fused-ring (bicyclic) bond motifs is 1. The quantitative estimate of drug-likeness (QED) is 0.502. The molecule has 1 N–H and O–H groups in total. The van der Waals surface area contributed by atoms with Gasteiger partial charge < -0.3 is 5.32 Å². The molecule has 1 unspecified atom stereocenters. The molecule has 2 heterocycles. The summed E-state index contributed by atoms with van der Waals surface area (Å²) < 4.78 is 15.6. The number of hydrogen-bond donors (Lipinski definition) is 1. The van der Waals surface area contributed by atoms with Crippen molar-refractivity contribution in [2.24, 2.45) is 0 Å². The predicted octanol–water partition coefficient (Wildman–Crippen LogP) is 3.23. The summed E-state index contributed by atoms with van der Waals surface area (Å²) in [5, 5.41) is 16.1. The number of imide groups is 1. The molecular formula is C23H19FN6O2. The Bertz CT molecular complexity index is 1380. The first-order valence-corrected chi connectivity index (χ1v) is 10.0. The van der Waals surface area contributed by atoms with E-state index in [0.29, 0.717) is 5.56 Å². The highest BCUT2D eigenvalue weighted by Crippen LogP contribution is 2.34. The molecule has 4 aromatic rings. The number of rotatable bonds is 4. The zero-order valence-electron chi connectivity index (χ0n) is 17.4. The van der Waals surface area contributed by atoms with E-state index in [1.165, 1.54) is 10.7 Å². The van der Waals surface area contributed by atoms with Gasteiger partial charge in [-0.25, -0.2) is 9.18 Å². The summed E-state index contributed by atoms with van der Waals surface area (Å²) in [5.41, 5.74) is 0.404. The van der Waals surface area contributed by atoms with Gasteiger partial charge in [0.2, 0.25) is 0 Å². The Morgan fingerprint density at radius 2 is 1.84 bits per heavy atom. The van der Waals surface area contributed by atoms with Crippen molar-refractivity contribution in [1.29, 1.82) is 0 Å². The van der Waals surface area contributed by atoms with Gasteiger partial charge in [-0.3, -0.25) is 9.69 Å². The first-order valence-electron chi connectivity index (χ1n) is 10.0. The van der Waals surface area contributed by atoms with Crippen LogP contribution in [0.4, 0.5) is 9.18 Å². The summed E-state index contributed by atoms with van der Waals surface area (Å²) in [5.74, 6) is -0.778. The van der Waals surface area contributed by atoms with Crippen LogP contribution in [0.3, 0.4) is 0 Å². The van der Waals surface area contributed by atoms with Gasteiger partial charge in [0, 0.05) is 0 Å². The Balaban J connectivity index is 1.51. The van der Waals surface area contributed by atoms with Crippen molar-refractivity contribution in [3.05, 3.63) is 83.4 Å². The van der Waals surface area contributed by atoms with Crippen molar-refractivity contribution in [3.8, 4) is 5.69 Å². The molecule has 0 bridgehead atoms. The van der Waals surface area contributed by atoms with Gasteiger partial charge in [-0.05, 0) is 58.3 Å². The van der Waals surface area contributed by atoms with Crippen molar-refractivity contribution in [3.63, 3.8) is 0 Å². The van der Waals surface area contributed by atoms with Gasteiger partial charge in [0.15, 0.2) is 5.82 Å². The molecule has 0 spiro atoms. The van der Waals surface area contributed by atoms with Crippen LogP contribution in [0.25, 0.3) is 16.5 Å². The van der Waals surface area contributed by atoms with Crippen molar-refractivity contribution < 1.29 is 14.0 Å². The molecule has 1 aliphatic heterocycles. The lowest BCUT2D eigenvalue weighted by molar-refractivity contribution is -0.131. The van der Waals surface area contributed by atoms with E-state index in [2.05, 4.69) is 20.8 Å². The molecule has 5 rings (SSSR count). The van der Waals surface area contributed by atoms with Crippen LogP contribution in [0.15, 0.2) is 60.7 Å². The Labute approximate surface area is 182 Å². The van der Waals surface area contributed by atoms with Crippen LogP contribution < -0.4 is 5.32 Å². The molecule has 160 valence electrons. The summed E-state index contributed by atoms with van der Waals surface area (Å²) in [6, 6.07) is 17.3. The lowest BCUT2D eigenvalue weighted by Crippen LogP contribution is -2.41. The number of urea groups is 1. The molecule has 1 aromatic heterocycles. The molecule has 3 aromatic carbocycles. The number of benzene rings is 3. The molecule has 0 radical (unpaired) electrons. The minimum absolute atomic E-state index is 0.147. The number of halogens is 1. The van der Waals surface area contributed by atoms with Gasteiger partial charge in [-0.1, -0.05) is 48.5 Å². The predicted molar refractivity (Wildman–Crippen MR) is 114 cm³/mol. The molecular weight excluding hydrogens is 411 g/mol. The molecule has 1 saturated heterocycles. The smallest absolute Gasteiger partial charge is 0.319 e.